The summed E-state index contributed by atoms with van der Waals surface area (Å²) < 4.78 is 33.9. The van der Waals surface area contributed by atoms with E-state index in [-0.39, 0.29) is 11.7 Å². The first-order valence-electron chi connectivity index (χ1n) is 6.83. The van der Waals surface area contributed by atoms with Crippen LogP contribution in [0.25, 0.3) is 0 Å². The molecule has 1 saturated heterocycles. The van der Waals surface area contributed by atoms with E-state index in [1.54, 1.807) is 6.92 Å². The second kappa shape index (κ2) is 6.58. The third kappa shape index (κ3) is 2.98. The maximum absolute atomic E-state index is 14.2. The highest BCUT2D eigenvalue weighted by Gasteiger charge is 2.32. The minimum absolute atomic E-state index is 0.0459. The zero-order valence-electron chi connectivity index (χ0n) is 11.8. The molecule has 0 spiro atoms. The standard InChI is InChI=1S/C14H21F2N3O/c1-3-19-6-7-20-11(8-19)14(18-17)12-10(15)5-4-9(2)13(12)16/h4-5,11,14,18H,3,6-8,17H2,1-2H3. The molecule has 1 heterocycles. The molecule has 1 aliphatic heterocycles. The van der Waals surface area contributed by atoms with Gasteiger partial charge in [-0.25, -0.2) is 8.78 Å². The van der Waals surface area contributed by atoms with Crippen molar-refractivity contribution in [3.8, 4) is 0 Å². The third-order valence-electron chi connectivity index (χ3n) is 3.81. The maximum atomic E-state index is 14.2. The van der Waals surface area contributed by atoms with E-state index in [4.69, 9.17) is 10.6 Å². The van der Waals surface area contributed by atoms with Gasteiger partial charge in [-0.1, -0.05) is 13.0 Å². The molecule has 4 nitrogen and oxygen atoms in total. The molecule has 3 N–H and O–H groups in total. The van der Waals surface area contributed by atoms with Crippen LogP contribution >= 0.6 is 0 Å². The number of nitrogens with two attached hydrogens (primary N) is 1. The van der Waals surface area contributed by atoms with Gasteiger partial charge in [0.2, 0.25) is 0 Å². The van der Waals surface area contributed by atoms with Crippen LogP contribution in [0, 0.1) is 18.6 Å². The number of hydrogen-bond donors (Lipinski definition) is 2. The average Bonchev–Trinajstić information content (AvgIpc) is 2.47. The SMILES string of the molecule is CCN1CCOC(C(NN)c2c(F)ccc(C)c2F)C1. The summed E-state index contributed by atoms with van der Waals surface area (Å²) in [4.78, 5) is 2.17. The first-order chi connectivity index (χ1) is 9.58. The molecular formula is C14H21F2N3O. The minimum atomic E-state index is -0.704. The molecule has 112 valence electrons. The van der Waals surface area contributed by atoms with E-state index in [0.29, 0.717) is 18.7 Å². The zero-order valence-corrected chi connectivity index (χ0v) is 11.8. The van der Waals surface area contributed by atoms with Gasteiger partial charge in [0.15, 0.2) is 0 Å². The third-order valence-corrected chi connectivity index (χ3v) is 3.81. The van der Waals surface area contributed by atoms with Crippen LogP contribution in [0.2, 0.25) is 0 Å². The van der Waals surface area contributed by atoms with E-state index in [0.717, 1.165) is 13.1 Å². The average molecular weight is 285 g/mol. The number of aryl methyl sites for hydroxylation is 1. The van der Waals surface area contributed by atoms with Gasteiger partial charge in [0, 0.05) is 18.7 Å². The molecule has 2 atom stereocenters. The molecule has 1 aromatic carbocycles. The first-order valence-corrected chi connectivity index (χ1v) is 6.83. The summed E-state index contributed by atoms with van der Waals surface area (Å²) in [6.07, 6.45) is -0.375. The molecule has 20 heavy (non-hydrogen) atoms. The summed E-state index contributed by atoms with van der Waals surface area (Å²) in [5.74, 6) is 4.36. The number of hydrogen-bond acceptors (Lipinski definition) is 4. The molecule has 0 amide bonds. The predicted molar refractivity (Wildman–Crippen MR) is 73.0 cm³/mol. The van der Waals surface area contributed by atoms with Crippen LogP contribution in [0.1, 0.15) is 24.1 Å². The van der Waals surface area contributed by atoms with Gasteiger partial charge in [-0.2, -0.15) is 0 Å². The number of ether oxygens (including phenoxy) is 1. The fourth-order valence-corrected chi connectivity index (χ4v) is 2.56. The van der Waals surface area contributed by atoms with E-state index in [1.165, 1.54) is 12.1 Å². The highest BCUT2D eigenvalue weighted by atomic mass is 19.1. The van der Waals surface area contributed by atoms with Crippen LogP contribution in [0.15, 0.2) is 12.1 Å². The smallest absolute Gasteiger partial charge is 0.133 e. The molecule has 2 rings (SSSR count). The molecule has 1 aliphatic rings. The molecule has 0 aliphatic carbocycles. The zero-order chi connectivity index (χ0) is 14.7. The van der Waals surface area contributed by atoms with Crippen molar-refractivity contribution >= 4 is 0 Å². The summed E-state index contributed by atoms with van der Waals surface area (Å²) in [6, 6.07) is 1.98. The molecule has 1 aromatic rings. The Labute approximate surface area is 117 Å². The topological polar surface area (TPSA) is 50.5 Å². The minimum Gasteiger partial charge on any atom is -0.374 e. The molecule has 0 bridgehead atoms. The summed E-state index contributed by atoms with van der Waals surface area (Å²) in [7, 11) is 0. The molecule has 0 aromatic heterocycles. The summed E-state index contributed by atoms with van der Waals surface area (Å²) in [5.41, 5.74) is 2.86. The molecule has 0 radical (unpaired) electrons. The van der Waals surface area contributed by atoms with Crippen molar-refractivity contribution in [2.75, 3.05) is 26.2 Å². The highest BCUT2D eigenvalue weighted by molar-refractivity contribution is 5.30. The van der Waals surface area contributed by atoms with E-state index in [1.807, 2.05) is 6.92 Å². The molecular weight excluding hydrogens is 264 g/mol. The fourth-order valence-electron chi connectivity index (χ4n) is 2.56. The van der Waals surface area contributed by atoms with Gasteiger partial charge in [0.05, 0.1) is 18.8 Å². The Balaban J connectivity index is 2.30. The number of halogens is 2. The Hall–Kier alpha value is -1.08. The first kappa shape index (κ1) is 15.3. The molecule has 6 heteroatoms. The van der Waals surface area contributed by atoms with Gasteiger partial charge in [0.25, 0.3) is 0 Å². The lowest BCUT2D eigenvalue weighted by Gasteiger charge is -2.36. The molecule has 2 unspecified atom stereocenters. The van der Waals surface area contributed by atoms with Crippen molar-refractivity contribution in [2.24, 2.45) is 5.84 Å². The second-order valence-electron chi connectivity index (χ2n) is 5.04. The van der Waals surface area contributed by atoms with Crippen molar-refractivity contribution in [1.29, 1.82) is 0 Å². The Morgan fingerprint density at radius 3 is 2.90 bits per heavy atom. The van der Waals surface area contributed by atoms with E-state index >= 15 is 0 Å². The van der Waals surface area contributed by atoms with Crippen LogP contribution in [0.5, 0.6) is 0 Å². The van der Waals surface area contributed by atoms with Gasteiger partial charge in [-0.05, 0) is 25.1 Å². The van der Waals surface area contributed by atoms with E-state index in [2.05, 4.69) is 10.3 Å². The summed E-state index contributed by atoms with van der Waals surface area (Å²) in [5, 5.41) is 0. The van der Waals surface area contributed by atoms with Crippen molar-refractivity contribution < 1.29 is 13.5 Å². The van der Waals surface area contributed by atoms with Gasteiger partial charge in [0.1, 0.15) is 11.6 Å². The monoisotopic (exact) mass is 285 g/mol. The van der Waals surface area contributed by atoms with Crippen LogP contribution in [-0.4, -0.2) is 37.2 Å². The number of nitrogens with zero attached hydrogens (tertiary/aromatic N) is 1. The van der Waals surface area contributed by atoms with Crippen LogP contribution in [-0.2, 0) is 4.74 Å². The number of hydrazine groups is 1. The van der Waals surface area contributed by atoms with Crippen LogP contribution < -0.4 is 11.3 Å². The largest absolute Gasteiger partial charge is 0.374 e. The Morgan fingerprint density at radius 2 is 2.25 bits per heavy atom. The van der Waals surface area contributed by atoms with Gasteiger partial charge < -0.3 is 4.74 Å². The number of rotatable bonds is 4. The van der Waals surface area contributed by atoms with E-state index < -0.39 is 17.7 Å². The fraction of sp³-hybridized carbons (Fsp3) is 0.571. The maximum Gasteiger partial charge on any atom is 0.133 e. The summed E-state index contributed by atoms with van der Waals surface area (Å²) >= 11 is 0. The summed E-state index contributed by atoms with van der Waals surface area (Å²) in [6.45, 7) is 6.47. The van der Waals surface area contributed by atoms with Crippen LogP contribution in [0.3, 0.4) is 0 Å². The van der Waals surface area contributed by atoms with Gasteiger partial charge in [-0.3, -0.25) is 16.2 Å². The quantitative estimate of drug-likeness (QED) is 0.650. The molecule has 0 saturated carbocycles. The van der Waals surface area contributed by atoms with Gasteiger partial charge in [-0.15, -0.1) is 0 Å². The van der Waals surface area contributed by atoms with Crippen molar-refractivity contribution in [3.05, 3.63) is 34.9 Å². The lowest BCUT2D eigenvalue weighted by molar-refractivity contribution is -0.0467. The second-order valence-corrected chi connectivity index (χ2v) is 5.04. The molecule has 1 fully saturated rings. The lowest BCUT2D eigenvalue weighted by atomic mass is 9.97. The lowest BCUT2D eigenvalue weighted by Crippen LogP contribution is -2.49. The highest BCUT2D eigenvalue weighted by Crippen LogP contribution is 2.28. The Morgan fingerprint density at radius 1 is 1.50 bits per heavy atom. The van der Waals surface area contributed by atoms with Crippen molar-refractivity contribution in [2.45, 2.75) is 26.0 Å². The number of benzene rings is 1. The van der Waals surface area contributed by atoms with Gasteiger partial charge >= 0.3 is 0 Å². The van der Waals surface area contributed by atoms with Crippen molar-refractivity contribution in [3.63, 3.8) is 0 Å². The Kier molecular flexibility index (Phi) is 5.04. The van der Waals surface area contributed by atoms with Crippen molar-refractivity contribution in [1.82, 2.24) is 10.3 Å². The predicted octanol–water partition coefficient (Wildman–Crippen LogP) is 1.50. The number of nitrogens with one attached hydrogen (secondary N) is 1. The number of morpholine rings is 1. The van der Waals surface area contributed by atoms with Crippen LogP contribution in [0.4, 0.5) is 8.78 Å². The van der Waals surface area contributed by atoms with E-state index in [9.17, 15) is 8.78 Å². The Bertz CT molecular complexity index is 470. The normalized spacial score (nSPS) is 21.9. The number of likely N-dealkylation sites (N-methyl/N-ethyl adjacent to an activating group) is 1.